The molecule has 0 amide bonds. The van der Waals surface area contributed by atoms with Gasteiger partial charge in [-0.1, -0.05) is 70.2 Å². The molecule has 4 atom stereocenters. The molecular weight excluding hydrogens is 398 g/mol. The second-order valence-electron chi connectivity index (χ2n) is 6.40. The van der Waals surface area contributed by atoms with Gasteiger partial charge in [-0.15, -0.1) is 11.6 Å². The number of fused-ring (bicyclic) bond motifs is 8. The standard InChI is InChI=1S/C16H12Cl4O2S/c1-7(2)10-11-8-5-3-4-6-9(8)12(10)16(20)15(11,19)13(17)14(18)23(16,21)22/h3-6,11-12H,1-2H3/t11-,12+,15-,16-/m1/s1. The van der Waals surface area contributed by atoms with E-state index in [0.29, 0.717) is 0 Å². The zero-order valence-electron chi connectivity index (χ0n) is 12.2. The van der Waals surface area contributed by atoms with Gasteiger partial charge in [-0.25, -0.2) is 8.42 Å². The molecule has 23 heavy (non-hydrogen) atoms. The number of sulfone groups is 1. The molecular formula is C16H12Cl4O2S. The molecule has 3 aliphatic rings. The maximum Gasteiger partial charge on any atom is 0.213 e. The van der Waals surface area contributed by atoms with Gasteiger partial charge in [0.05, 0.1) is 5.03 Å². The first kappa shape index (κ1) is 16.3. The molecule has 122 valence electrons. The smallest absolute Gasteiger partial charge is 0.213 e. The lowest BCUT2D eigenvalue weighted by atomic mass is 9.82. The molecule has 0 aromatic heterocycles. The summed E-state index contributed by atoms with van der Waals surface area (Å²) in [5.41, 5.74) is 3.79. The van der Waals surface area contributed by atoms with Gasteiger partial charge in [0.25, 0.3) is 0 Å². The van der Waals surface area contributed by atoms with Crippen molar-refractivity contribution in [3.05, 3.63) is 55.9 Å². The van der Waals surface area contributed by atoms with Gasteiger partial charge in [0.2, 0.25) is 9.84 Å². The van der Waals surface area contributed by atoms with E-state index in [0.717, 1.165) is 22.3 Å². The van der Waals surface area contributed by atoms with E-state index < -0.39 is 35.1 Å². The topological polar surface area (TPSA) is 34.1 Å². The van der Waals surface area contributed by atoms with E-state index in [-0.39, 0.29) is 5.03 Å². The highest BCUT2D eigenvalue weighted by Gasteiger charge is 2.81. The zero-order valence-corrected chi connectivity index (χ0v) is 16.0. The second-order valence-corrected chi connectivity index (χ2v) is 10.9. The van der Waals surface area contributed by atoms with Crippen molar-refractivity contribution in [2.75, 3.05) is 0 Å². The van der Waals surface area contributed by atoms with Crippen LogP contribution in [0.4, 0.5) is 0 Å². The fourth-order valence-electron chi connectivity index (χ4n) is 4.37. The molecule has 2 bridgehead atoms. The molecule has 0 saturated heterocycles. The molecule has 1 fully saturated rings. The van der Waals surface area contributed by atoms with Gasteiger partial charge in [0, 0.05) is 11.8 Å². The summed E-state index contributed by atoms with van der Waals surface area (Å²) in [5.74, 6) is -0.950. The Morgan fingerprint density at radius 2 is 1.57 bits per heavy atom. The van der Waals surface area contributed by atoms with Gasteiger partial charge in [-0.3, -0.25) is 0 Å². The van der Waals surface area contributed by atoms with Gasteiger partial charge in [0.1, 0.15) is 4.87 Å². The van der Waals surface area contributed by atoms with Crippen molar-refractivity contribution < 1.29 is 8.42 Å². The first-order valence-corrected chi connectivity index (χ1v) is 10.1. The van der Waals surface area contributed by atoms with Crippen LogP contribution >= 0.6 is 46.4 Å². The van der Waals surface area contributed by atoms with E-state index in [1.54, 1.807) is 0 Å². The minimum Gasteiger partial charge on any atom is -0.221 e. The Morgan fingerprint density at radius 3 is 2.09 bits per heavy atom. The molecule has 0 unspecified atom stereocenters. The number of halogens is 4. The van der Waals surface area contributed by atoms with Crippen molar-refractivity contribution in [2.45, 2.75) is 34.8 Å². The lowest BCUT2D eigenvalue weighted by molar-refractivity contribution is 0.530. The normalized spacial score (nSPS) is 39.7. The number of hydrogen-bond acceptors (Lipinski definition) is 2. The highest BCUT2D eigenvalue weighted by Crippen LogP contribution is 2.78. The Bertz CT molecular complexity index is 929. The van der Waals surface area contributed by atoms with Crippen LogP contribution in [0.1, 0.15) is 36.8 Å². The number of allylic oxidation sites excluding steroid dienone is 3. The highest BCUT2D eigenvalue weighted by molar-refractivity contribution is 8.00. The van der Waals surface area contributed by atoms with E-state index in [1.807, 2.05) is 38.1 Å². The average Bonchev–Trinajstić information content (AvgIpc) is 2.99. The predicted octanol–water partition coefficient (Wildman–Crippen LogP) is 5.21. The summed E-state index contributed by atoms with van der Waals surface area (Å²) < 4.78 is 23.7. The number of benzene rings is 1. The molecule has 1 aromatic carbocycles. The summed E-state index contributed by atoms with van der Waals surface area (Å²) in [7, 11) is -4.04. The number of rotatable bonds is 0. The van der Waals surface area contributed by atoms with Crippen molar-refractivity contribution in [3.8, 4) is 0 Å². The van der Waals surface area contributed by atoms with Crippen LogP contribution in [0.25, 0.3) is 0 Å². The lowest BCUT2D eigenvalue weighted by Crippen LogP contribution is -2.50. The Hall–Kier alpha value is -0.190. The Morgan fingerprint density at radius 1 is 1.04 bits per heavy atom. The first-order chi connectivity index (χ1) is 10.6. The van der Waals surface area contributed by atoms with Crippen molar-refractivity contribution in [3.63, 3.8) is 0 Å². The van der Waals surface area contributed by atoms with Gasteiger partial charge >= 0.3 is 0 Å². The Kier molecular flexibility index (Phi) is 3.19. The van der Waals surface area contributed by atoms with Crippen LogP contribution < -0.4 is 0 Å². The van der Waals surface area contributed by atoms with Crippen molar-refractivity contribution in [1.29, 1.82) is 0 Å². The van der Waals surface area contributed by atoms with E-state index in [4.69, 9.17) is 46.4 Å². The summed E-state index contributed by atoms with van der Waals surface area (Å²) in [6.45, 7) is 3.88. The quantitative estimate of drug-likeness (QED) is 0.435. The third-order valence-electron chi connectivity index (χ3n) is 5.20. The maximum atomic E-state index is 13.0. The summed E-state index contributed by atoms with van der Waals surface area (Å²) in [6, 6.07) is 7.63. The van der Waals surface area contributed by atoms with E-state index in [1.165, 1.54) is 0 Å². The molecule has 1 saturated carbocycles. The highest BCUT2D eigenvalue weighted by atomic mass is 35.5. The minimum atomic E-state index is -4.04. The molecule has 7 heteroatoms. The zero-order chi connectivity index (χ0) is 16.9. The third kappa shape index (κ3) is 1.45. The monoisotopic (exact) mass is 408 g/mol. The maximum absolute atomic E-state index is 13.0. The van der Waals surface area contributed by atoms with Crippen molar-refractivity contribution in [1.82, 2.24) is 0 Å². The second kappa shape index (κ2) is 4.50. The van der Waals surface area contributed by atoms with Crippen LogP contribution in [0.3, 0.4) is 0 Å². The van der Waals surface area contributed by atoms with E-state index in [2.05, 4.69) is 0 Å². The summed E-state index contributed by atoms with van der Waals surface area (Å²) >= 11 is 26.1. The predicted molar refractivity (Wildman–Crippen MR) is 95.1 cm³/mol. The van der Waals surface area contributed by atoms with Crippen LogP contribution in [0.15, 0.2) is 44.8 Å². The summed E-state index contributed by atoms with van der Waals surface area (Å²) in [4.78, 5) is -1.47. The van der Waals surface area contributed by atoms with Crippen LogP contribution in [0.2, 0.25) is 0 Å². The van der Waals surface area contributed by atoms with Crippen LogP contribution in [0.5, 0.6) is 0 Å². The van der Waals surface area contributed by atoms with Gasteiger partial charge in [0.15, 0.2) is 8.57 Å². The molecule has 0 radical (unpaired) electrons. The van der Waals surface area contributed by atoms with Crippen LogP contribution in [-0.4, -0.2) is 17.5 Å². The number of alkyl halides is 2. The van der Waals surface area contributed by atoms with Crippen LogP contribution in [0, 0.1) is 0 Å². The minimum absolute atomic E-state index is 0.0726. The summed E-state index contributed by atoms with van der Waals surface area (Å²) in [5, 5.41) is -0.0726. The third-order valence-corrected chi connectivity index (χ3v) is 10.8. The largest absolute Gasteiger partial charge is 0.221 e. The van der Waals surface area contributed by atoms with Crippen LogP contribution in [-0.2, 0) is 9.84 Å². The Labute approximate surface area is 155 Å². The van der Waals surface area contributed by atoms with Gasteiger partial charge in [-0.05, 0) is 25.0 Å². The lowest BCUT2D eigenvalue weighted by Gasteiger charge is -2.39. The number of hydrogen-bond donors (Lipinski definition) is 0. The molecule has 1 aromatic rings. The Balaban J connectivity index is 2.20. The molecule has 2 nitrogen and oxygen atoms in total. The molecule has 2 aliphatic carbocycles. The molecule has 1 aliphatic heterocycles. The molecule has 0 N–H and O–H groups in total. The fourth-order valence-corrected chi connectivity index (χ4v) is 9.02. The van der Waals surface area contributed by atoms with Crippen molar-refractivity contribution >= 4 is 56.2 Å². The SMILES string of the molecule is CC(C)=C1[C@@H]2c3ccccc3[C@H]1[C@@]1(Cl)C(Cl)=C(Cl)S(=O)(=O)[C@]21Cl. The van der Waals surface area contributed by atoms with E-state index >= 15 is 0 Å². The summed E-state index contributed by atoms with van der Waals surface area (Å²) in [6.07, 6.45) is 0. The molecule has 4 rings (SSSR count). The first-order valence-electron chi connectivity index (χ1n) is 7.06. The van der Waals surface area contributed by atoms with Crippen molar-refractivity contribution in [2.24, 2.45) is 0 Å². The average molecular weight is 410 g/mol. The molecule has 1 heterocycles. The van der Waals surface area contributed by atoms with E-state index in [9.17, 15) is 8.42 Å². The van der Waals surface area contributed by atoms with Gasteiger partial charge in [-0.2, -0.15) is 0 Å². The van der Waals surface area contributed by atoms with Gasteiger partial charge < -0.3 is 0 Å². The fraction of sp³-hybridized carbons (Fsp3) is 0.375. The molecule has 0 spiro atoms.